The summed E-state index contributed by atoms with van der Waals surface area (Å²) < 4.78 is 4.56. The van der Waals surface area contributed by atoms with E-state index in [2.05, 4.69) is 16.6 Å². The van der Waals surface area contributed by atoms with Crippen LogP contribution in [0.25, 0.3) is 0 Å². The number of carbonyl (C=O) groups is 1. The number of nitrogens with zero attached hydrogens (tertiary/aromatic N) is 1. The Labute approximate surface area is 92.1 Å². The second kappa shape index (κ2) is 5.79. The first-order valence-corrected chi connectivity index (χ1v) is 5.61. The van der Waals surface area contributed by atoms with E-state index < -0.39 is 0 Å². The van der Waals surface area contributed by atoms with Crippen molar-refractivity contribution in [1.82, 2.24) is 4.90 Å². The fraction of sp³-hybridized carbons (Fsp3) is 0.750. The van der Waals surface area contributed by atoms with Crippen LogP contribution in [0.2, 0.25) is 0 Å². The molecule has 0 aromatic carbocycles. The third-order valence-electron chi connectivity index (χ3n) is 3.13. The van der Waals surface area contributed by atoms with E-state index in [0.717, 1.165) is 5.92 Å². The molecular weight excluding hydrogens is 190 g/mol. The smallest absolute Gasteiger partial charge is 0.331 e. The molecule has 2 unspecified atom stereocenters. The molecule has 3 heteroatoms. The second-order valence-corrected chi connectivity index (χ2v) is 4.43. The molecule has 0 heterocycles. The van der Waals surface area contributed by atoms with Gasteiger partial charge in [0.05, 0.1) is 7.11 Å². The lowest BCUT2D eigenvalue weighted by Crippen LogP contribution is -2.31. The van der Waals surface area contributed by atoms with Gasteiger partial charge in [0.15, 0.2) is 0 Å². The SMILES string of the molecule is COC(=O)C=CN(C)C1CCCC(C)C1. The van der Waals surface area contributed by atoms with E-state index in [1.807, 2.05) is 13.2 Å². The summed E-state index contributed by atoms with van der Waals surface area (Å²) >= 11 is 0. The molecule has 1 saturated carbocycles. The first kappa shape index (κ1) is 12.1. The van der Waals surface area contributed by atoms with Crippen LogP contribution < -0.4 is 0 Å². The first-order chi connectivity index (χ1) is 7.13. The van der Waals surface area contributed by atoms with Crippen molar-refractivity contribution in [3.05, 3.63) is 12.3 Å². The number of rotatable bonds is 3. The molecule has 1 rings (SSSR count). The quantitative estimate of drug-likeness (QED) is 0.529. The van der Waals surface area contributed by atoms with Gasteiger partial charge in [0.25, 0.3) is 0 Å². The third kappa shape index (κ3) is 3.94. The molecule has 0 spiro atoms. The Kier molecular flexibility index (Phi) is 4.66. The van der Waals surface area contributed by atoms with E-state index in [-0.39, 0.29) is 5.97 Å². The van der Waals surface area contributed by atoms with Crippen LogP contribution in [0.4, 0.5) is 0 Å². The Morgan fingerprint density at radius 3 is 2.80 bits per heavy atom. The number of hydrogen-bond donors (Lipinski definition) is 0. The zero-order valence-electron chi connectivity index (χ0n) is 9.90. The molecule has 0 N–H and O–H groups in total. The van der Waals surface area contributed by atoms with Crippen LogP contribution in [0.5, 0.6) is 0 Å². The minimum absolute atomic E-state index is 0.286. The summed E-state index contributed by atoms with van der Waals surface area (Å²) in [5.41, 5.74) is 0. The number of carbonyl (C=O) groups excluding carboxylic acids is 1. The molecule has 86 valence electrons. The highest BCUT2D eigenvalue weighted by Gasteiger charge is 2.20. The largest absolute Gasteiger partial charge is 0.466 e. The molecule has 15 heavy (non-hydrogen) atoms. The van der Waals surface area contributed by atoms with Gasteiger partial charge in [0.1, 0.15) is 0 Å². The van der Waals surface area contributed by atoms with Gasteiger partial charge in [0, 0.05) is 25.4 Å². The Hall–Kier alpha value is -0.990. The average molecular weight is 211 g/mol. The molecule has 1 aliphatic rings. The summed E-state index contributed by atoms with van der Waals surface area (Å²) in [4.78, 5) is 13.1. The Morgan fingerprint density at radius 2 is 2.20 bits per heavy atom. The second-order valence-electron chi connectivity index (χ2n) is 4.43. The maximum Gasteiger partial charge on any atom is 0.331 e. The van der Waals surface area contributed by atoms with E-state index in [1.165, 1.54) is 38.9 Å². The highest BCUT2D eigenvalue weighted by molar-refractivity contribution is 5.81. The van der Waals surface area contributed by atoms with Crippen LogP contribution in [-0.4, -0.2) is 31.1 Å². The normalized spacial score (nSPS) is 26.6. The van der Waals surface area contributed by atoms with Gasteiger partial charge >= 0.3 is 5.97 Å². The molecule has 0 aromatic heterocycles. The van der Waals surface area contributed by atoms with Gasteiger partial charge in [-0.2, -0.15) is 0 Å². The molecule has 0 saturated heterocycles. The molecule has 0 bridgehead atoms. The van der Waals surface area contributed by atoms with E-state index in [1.54, 1.807) is 0 Å². The van der Waals surface area contributed by atoms with Crippen LogP contribution in [0, 0.1) is 5.92 Å². The summed E-state index contributed by atoms with van der Waals surface area (Å²) in [5, 5.41) is 0. The van der Waals surface area contributed by atoms with Crippen LogP contribution in [0.15, 0.2) is 12.3 Å². The molecule has 1 aliphatic carbocycles. The van der Waals surface area contributed by atoms with Gasteiger partial charge in [-0.3, -0.25) is 0 Å². The van der Waals surface area contributed by atoms with Gasteiger partial charge < -0.3 is 9.64 Å². The van der Waals surface area contributed by atoms with Gasteiger partial charge in [-0.1, -0.05) is 19.8 Å². The monoisotopic (exact) mass is 211 g/mol. The van der Waals surface area contributed by atoms with Gasteiger partial charge in [0.2, 0.25) is 0 Å². The lowest BCUT2D eigenvalue weighted by atomic mass is 9.86. The maximum absolute atomic E-state index is 10.9. The Bertz CT molecular complexity index is 238. The fourth-order valence-electron chi connectivity index (χ4n) is 2.14. The number of methoxy groups -OCH3 is 1. The molecule has 0 aliphatic heterocycles. The predicted octanol–water partition coefficient (Wildman–Crippen LogP) is 2.18. The summed E-state index contributed by atoms with van der Waals surface area (Å²) in [7, 11) is 3.43. The van der Waals surface area contributed by atoms with Crippen molar-refractivity contribution in [1.29, 1.82) is 0 Å². The highest BCUT2D eigenvalue weighted by atomic mass is 16.5. The maximum atomic E-state index is 10.9. The average Bonchev–Trinajstić information content (AvgIpc) is 2.25. The summed E-state index contributed by atoms with van der Waals surface area (Å²) in [6, 6.07) is 0.578. The number of ether oxygens (including phenoxy) is 1. The minimum atomic E-state index is -0.286. The molecule has 0 radical (unpaired) electrons. The van der Waals surface area contributed by atoms with E-state index in [4.69, 9.17) is 0 Å². The third-order valence-corrected chi connectivity index (χ3v) is 3.13. The molecule has 2 atom stereocenters. The van der Waals surface area contributed by atoms with Crippen molar-refractivity contribution in [2.24, 2.45) is 5.92 Å². The molecule has 3 nitrogen and oxygen atoms in total. The van der Waals surface area contributed by atoms with Crippen LogP contribution in [0.3, 0.4) is 0 Å². The van der Waals surface area contributed by atoms with E-state index in [9.17, 15) is 4.79 Å². The molecule has 0 aromatic rings. The summed E-state index contributed by atoms with van der Waals surface area (Å²) in [5.74, 6) is 0.517. The van der Waals surface area contributed by atoms with Crippen LogP contribution in [-0.2, 0) is 9.53 Å². The molecule has 1 fully saturated rings. The van der Waals surface area contributed by atoms with Crippen molar-refractivity contribution in [3.63, 3.8) is 0 Å². The summed E-state index contributed by atoms with van der Waals surface area (Å²) in [6.45, 7) is 2.30. The van der Waals surface area contributed by atoms with E-state index >= 15 is 0 Å². The lowest BCUT2D eigenvalue weighted by molar-refractivity contribution is -0.134. The van der Waals surface area contributed by atoms with Crippen LogP contribution >= 0.6 is 0 Å². The van der Waals surface area contributed by atoms with Crippen LogP contribution in [0.1, 0.15) is 32.6 Å². The lowest BCUT2D eigenvalue weighted by Gasteiger charge is -2.33. The van der Waals surface area contributed by atoms with Crippen molar-refractivity contribution in [2.75, 3.05) is 14.2 Å². The molecular formula is C12H21NO2. The fourth-order valence-corrected chi connectivity index (χ4v) is 2.14. The summed E-state index contributed by atoms with van der Waals surface area (Å²) in [6.07, 6.45) is 8.40. The Balaban J connectivity index is 2.41. The first-order valence-electron chi connectivity index (χ1n) is 5.61. The van der Waals surface area contributed by atoms with Gasteiger partial charge in [-0.15, -0.1) is 0 Å². The minimum Gasteiger partial charge on any atom is -0.466 e. The zero-order valence-corrected chi connectivity index (χ0v) is 9.90. The van der Waals surface area contributed by atoms with Crippen molar-refractivity contribution in [3.8, 4) is 0 Å². The van der Waals surface area contributed by atoms with Crippen molar-refractivity contribution in [2.45, 2.75) is 38.6 Å². The number of esters is 1. The van der Waals surface area contributed by atoms with Gasteiger partial charge in [-0.05, 0) is 18.8 Å². The van der Waals surface area contributed by atoms with E-state index in [0.29, 0.717) is 6.04 Å². The van der Waals surface area contributed by atoms with Crippen molar-refractivity contribution >= 4 is 5.97 Å². The van der Waals surface area contributed by atoms with Gasteiger partial charge in [-0.25, -0.2) is 4.79 Å². The molecule has 0 amide bonds. The zero-order chi connectivity index (χ0) is 11.3. The predicted molar refractivity (Wildman–Crippen MR) is 60.3 cm³/mol. The standard InChI is InChI=1S/C12H21NO2/c1-10-5-4-6-11(9-10)13(2)8-7-12(14)15-3/h7-8,10-11H,4-6,9H2,1-3H3. The van der Waals surface area contributed by atoms with Crippen molar-refractivity contribution < 1.29 is 9.53 Å². The topological polar surface area (TPSA) is 29.5 Å². The highest BCUT2D eigenvalue weighted by Crippen LogP contribution is 2.26. The Morgan fingerprint density at radius 1 is 1.47 bits per heavy atom. The number of hydrogen-bond acceptors (Lipinski definition) is 3.